The van der Waals surface area contributed by atoms with Crippen LogP contribution in [0.3, 0.4) is 0 Å². The molecule has 3 heteroatoms. The van der Waals surface area contributed by atoms with E-state index in [1.165, 1.54) is 25.7 Å². The zero-order valence-electron chi connectivity index (χ0n) is 8.54. The molecule has 2 bridgehead atoms. The van der Waals surface area contributed by atoms with Gasteiger partial charge in [-0.05, 0) is 31.1 Å². The van der Waals surface area contributed by atoms with Crippen LogP contribution < -0.4 is 0 Å². The Hall–Kier alpha value is -0.0500. The Morgan fingerprint density at radius 1 is 1.29 bits per heavy atom. The molecule has 1 aliphatic heterocycles. The van der Waals surface area contributed by atoms with Crippen molar-refractivity contribution in [2.75, 3.05) is 18.4 Å². The van der Waals surface area contributed by atoms with E-state index in [2.05, 4.69) is 20.8 Å². The standard InChI is InChI=1S/C11H18BrNO/c12-5-4-11(14)13-7-9-2-1-3-10(6-9)8-13/h9-10H,1-8H2. The van der Waals surface area contributed by atoms with Gasteiger partial charge in [0.25, 0.3) is 0 Å². The Balaban J connectivity index is 1.91. The molecule has 2 nitrogen and oxygen atoms in total. The van der Waals surface area contributed by atoms with Crippen LogP contribution in [0.5, 0.6) is 0 Å². The van der Waals surface area contributed by atoms with Gasteiger partial charge in [-0.2, -0.15) is 0 Å². The summed E-state index contributed by atoms with van der Waals surface area (Å²) in [5.41, 5.74) is 0. The van der Waals surface area contributed by atoms with Gasteiger partial charge in [0.15, 0.2) is 0 Å². The van der Waals surface area contributed by atoms with Crippen LogP contribution in [-0.2, 0) is 4.79 Å². The normalized spacial score (nSPS) is 31.6. The maximum Gasteiger partial charge on any atom is 0.223 e. The number of halogens is 1. The number of piperidine rings is 1. The van der Waals surface area contributed by atoms with Crippen LogP contribution >= 0.6 is 15.9 Å². The van der Waals surface area contributed by atoms with Crippen molar-refractivity contribution in [1.82, 2.24) is 4.90 Å². The minimum Gasteiger partial charge on any atom is -0.342 e. The van der Waals surface area contributed by atoms with Gasteiger partial charge in [0.2, 0.25) is 5.91 Å². The minimum absolute atomic E-state index is 0.346. The predicted molar refractivity (Wildman–Crippen MR) is 60.4 cm³/mol. The van der Waals surface area contributed by atoms with Crippen LogP contribution in [-0.4, -0.2) is 29.2 Å². The van der Waals surface area contributed by atoms with E-state index in [0.717, 1.165) is 30.3 Å². The number of carbonyl (C=O) groups is 1. The fraction of sp³-hybridized carbons (Fsp3) is 0.909. The molecular weight excluding hydrogens is 242 g/mol. The van der Waals surface area contributed by atoms with Gasteiger partial charge in [0, 0.05) is 24.8 Å². The molecule has 14 heavy (non-hydrogen) atoms. The third-order valence-electron chi connectivity index (χ3n) is 3.51. The highest BCUT2D eigenvalue weighted by Gasteiger charge is 2.32. The summed E-state index contributed by atoms with van der Waals surface area (Å²) in [5.74, 6) is 1.96. The molecule has 2 unspecified atom stereocenters. The van der Waals surface area contributed by atoms with E-state index in [4.69, 9.17) is 0 Å². The fourth-order valence-corrected chi connectivity index (χ4v) is 3.21. The molecule has 2 atom stereocenters. The molecule has 0 N–H and O–H groups in total. The zero-order valence-corrected chi connectivity index (χ0v) is 10.1. The lowest BCUT2D eigenvalue weighted by molar-refractivity contribution is -0.134. The lowest BCUT2D eigenvalue weighted by Crippen LogP contribution is -2.45. The average Bonchev–Trinajstić information content (AvgIpc) is 2.17. The predicted octanol–water partition coefficient (Wildman–Crippen LogP) is 2.42. The van der Waals surface area contributed by atoms with E-state index in [0.29, 0.717) is 12.3 Å². The topological polar surface area (TPSA) is 20.3 Å². The smallest absolute Gasteiger partial charge is 0.223 e. The SMILES string of the molecule is O=C(CCBr)N1CC2CCCC(C2)C1. The Morgan fingerprint density at radius 3 is 2.50 bits per heavy atom. The van der Waals surface area contributed by atoms with Crippen LogP contribution in [0, 0.1) is 11.8 Å². The molecule has 1 saturated heterocycles. The molecule has 0 radical (unpaired) electrons. The number of hydrogen-bond acceptors (Lipinski definition) is 1. The number of amides is 1. The summed E-state index contributed by atoms with van der Waals surface area (Å²) in [7, 11) is 0. The third kappa shape index (κ3) is 2.30. The molecule has 1 amide bonds. The second kappa shape index (κ2) is 4.65. The van der Waals surface area contributed by atoms with Crippen molar-refractivity contribution in [3.63, 3.8) is 0 Å². The van der Waals surface area contributed by atoms with Gasteiger partial charge < -0.3 is 4.90 Å². The summed E-state index contributed by atoms with van der Waals surface area (Å²) < 4.78 is 0. The van der Waals surface area contributed by atoms with Crippen LogP contribution in [0.4, 0.5) is 0 Å². The van der Waals surface area contributed by atoms with E-state index in [-0.39, 0.29) is 0 Å². The van der Waals surface area contributed by atoms with E-state index < -0.39 is 0 Å². The molecular formula is C11H18BrNO. The van der Waals surface area contributed by atoms with E-state index in [9.17, 15) is 4.79 Å². The maximum atomic E-state index is 11.7. The van der Waals surface area contributed by atoms with Gasteiger partial charge in [-0.1, -0.05) is 22.4 Å². The first-order valence-corrected chi connectivity index (χ1v) is 6.75. The summed E-state index contributed by atoms with van der Waals surface area (Å²) in [5, 5.41) is 0.803. The monoisotopic (exact) mass is 259 g/mol. The molecule has 2 aliphatic rings. The number of carbonyl (C=O) groups excluding carboxylic acids is 1. The van der Waals surface area contributed by atoms with E-state index in [1.807, 2.05) is 0 Å². The summed E-state index contributed by atoms with van der Waals surface area (Å²) in [6.07, 6.45) is 6.11. The summed E-state index contributed by atoms with van der Waals surface area (Å²) in [4.78, 5) is 13.8. The molecule has 2 fully saturated rings. The van der Waals surface area contributed by atoms with Crippen LogP contribution in [0.15, 0.2) is 0 Å². The highest BCUT2D eigenvalue weighted by molar-refractivity contribution is 9.09. The van der Waals surface area contributed by atoms with Crippen molar-refractivity contribution in [2.45, 2.75) is 32.1 Å². The molecule has 0 aromatic rings. The Bertz CT molecular complexity index is 207. The fourth-order valence-electron chi connectivity index (χ4n) is 2.87. The lowest BCUT2D eigenvalue weighted by atomic mass is 9.78. The van der Waals surface area contributed by atoms with Crippen LogP contribution in [0.1, 0.15) is 32.1 Å². The Kier molecular flexibility index (Phi) is 3.47. The second-order valence-corrected chi connectivity index (χ2v) is 5.43. The van der Waals surface area contributed by atoms with Crippen LogP contribution in [0.2, 0.25) is 0 Å². The summed E-state index contributed by atoms with van der Waals surface area (Å²) >= 11 is 3.33. The van der Waals surface area contributed by atoms with Gasteiger partial charge in [-0.25, -0.2) is 0 Å². The largest absolute Gasteiger partial charge is 0.342 e. The number of nitrogens with zero attached hydrogens (tertiary/aromatic N) is 1. The zero-order chi connectivity index (χ0) is 9.97. The minimum atomic E-state index is 0.346. The second-order valence-electron chi connectivity index (χ2n) is 4.64. The van der Waals surface area contributed by atoms with Gasteiger partial charge >= 0.3 is 0 Å². The molecule has 0 aromatic heterocycles. The first kappa shape index (κ1) is 10.5. The van der Waals surface area contributed by atoms with Gasteiger partial charge in [-0.3, -0.25) is 4.79 Å². The molecule has 0 spiro atoms. The molecule has 1 heterocycles. The van der Waals surface area contributed by atoms with Gasteiger partial charge in [0.1, 0.15) is 0 Å². The van der Waals surface area contributed by atoms with Crippen molar-refractivity contribution in [3.05, 3.63) is 0 Å². The van der Waals surface area contributed by atoms with E-state index >= 15 is 0 Å². The van der Waals surface area contributed by atoms with Gasteiger partial charge in [-0.15, -0.1) is 0 Å². The Morgan fingerprint density at radius 2 is 1.93 bits per heavy atom. The third-order valence-corrected chi connectivity index (χ3v) is 3.91. The number of rotatable bonds is 2. The molecule has 80 valence electrons. The first-order valence-electron chi connectivity index (χ1n) is 5.63. The number of hydrogen-bond donors (Lipinski definition) is 0. The van der Waals surface area contributed by atoms with Crippen LogP contribution in [0.25, 0.3) is 0 Å². The number of alkyl halides is 1. The molecule has 1 saturated carbocycles. The summed E-state index contributed by atoms with van der Waals surface area (Å²) in [6.45, 7) is 2.06. The number of likely N-dealkylation sites (tertiary alicyclic amines) is 1. The lowest BCUT2D eigenvalue weighted by Gasteiger charge is -2.41. The first-order chi connectivity index (χ1) is 6.79. The van der Waals surface area contributed by atoms with Gasteiger partial charge in [0.05, 0.1) is 0 Å². The Labute approximate surface area is 94.2 Å². The highest BCUT2D eigenvalue weighted by Crippen LogP contribution is 2.34. The van der Waals surface area contributed by atoms with Crippen molar-refractivity contribution in [1.29, 1.82) is 0 Å². The molecule has 1 aliphatic carbocycles. The molecule has 0 aromatic carbocycles. The summed E-state index contributed by atoms with van der Waals surface area (Å²) in [6, 6.07) is 0. The van der Waals surface area contributed by atoms with Crippen molar-refractivity contribution >= 4 is 21.8 Å². The van der Waals surface area contributed by atoms with Crippen molar-refractivity contribution < 1.29 is 4.79 Å². The highest BCUT2D eigenvalue weighted by atomic mass is 79.9. The van der Waals surface area contributed by atoms with Crippen molar-refractivity contribution in [3.8, 4) is 0 Å². The molecule has 2 rings (SSSR count). The van der Waals surface area contributed by atoms with Crippen molar-refractivity contribution in [2.24, 2.45) is 11.8 Å². The quantitative estimate of drug-likeness (QED) is 0.698. The van der Waals surface area contributed by atoms with E-state index in [1.54, 1.807) is 0 Å². The maximum absolute atomic E-state index is 11.7. The average molecular weight is 260 g/mol. The number of fused-ring (bicyclic) bond motifs is 2.